The van der Waals surface area contributed by atoms with Gasteiger partial charge in [0.25, 0.3) is 5.91 Å². The minimum absolute atomic E-state index is 0.0783. The molecule has 1 fully saturated rings. The molecular weight excluding hydrogens is 290 g/mol. The van der Waals surface area contributed by atoms with Crippen molar-refractivity contribution < 1.29 is 14.3 Å². The summed E-state index contributed by atoms with van der Waals surface area (Å²) in [6, 6.07) is 1.71. The molecule has 6 nitrogen and oxygen atoms in total. The van der Waals surface area contributed by atoms with E-state index in [1.807, 2.05) is 23.2 Å². The van der Waals surface area contributed by atoms with Crippen LogP contribution in [0.5, 0.6) is 5.75 Å². The molecule has 1 aliphatic heterocycles. The Labute approximate surface area is 126 Å². The molecule has 0 spiro atoms. The van der Waals surface area contributed by atoms with Crippen LogP contribution in [0.2, 0.25) is 0 Å². The number of ether oxygens (including phenoxy) is 2. The number of carbonyl (C=O) groups is 1. The molecule has 0 saturated carbocycles. The third kappa shape index (κ3) is 2.66. The van der Waals surface area contributed by atoms with Crippen molar-refractivity contribution >= 4 is 17.2 Å². The van der Waals surface area contributed by atoms with Gasteiger partial charge >= 0.3 is 0 Å². The number of imidazole rings is 1. The number of hydrogen-bond acceptors (Lipinski definition) is 5. The highest BCUT2D eigenvalue weighted by atomic mass is 32.1. The van der Waals surface area contributed by atoms with Crippen LogP contribution in [-0.4, -0.2) is 35.2 Å². The summed E-state index contributed by atoms with van der Waals surface area (Å²) in [5.74, 6) is 1.30. The van der Waals surface area contributed by atoms with Crippen LogP contribution in [0.1, 0.15) is 28.0 Å². The maximum atomic E-state index is 12.4. The summed E-state index contributed by atoms with van der Waals surface area (Å²) in [5, 5.41) is 4.88. The number of aromatic nitrogens is 2. The predicted octanol–water partition coefficient (Wildman–Crippen LogP) is 1.75. The third-order valence-corrected chi connectivity index (χ3v) is 4.47. The molecule has 0 bridgehead atoms. The number of methoxy groups -OCH3 is 1. The van der Waals surface area contributed by atoms with Crippen molar-refractivity contribution in [2.75, 3.05) is 13.7 Å². The highest BCUT2D eigenvalue weighted by Crippen LogP contribution is 2.29. The second-order valence-electron chi connectivity index (χ2n) is 4.87. The Kier molecular flexibility index (Phi) is 3.94. The number of amides is 1. The molecule has 2 atom stereocenters. The number of hydrogen-bond donors (Lipinski definition) is 1. The van der Waals surface area contributed by atoms with Crippen LogP contribution < -0.4 is 10.1 Å². The highest BCUT2D eigenvalue weighted by Gasteiger charge is 2.34. The average molecular weight is 307 g/mol. The smallest absolute Gasteiger partial charge is 0.265 e. The Morgan fingerprint density at radius 2 is 2.48 bits per heavy atom. The van der Waals surface area contributed by atoms with Gasteiger partial charge in [-0.25, -0.2) is 4.98 Å². The van der Waals surface area contributed by atoms with E-state index in [2.05, 4.69) is 10.3 Å². The Balaban J connectivity index is 1.75. The topological polar surface area (TPSA) is 65.4 Å². The van der Waals surface area contributed by atoms with Crippen molar-refractivity contribution in [2.24, 2.45) is 7.05 Å². The standard InChI is InChI=1S/C14H17N3O3S/c1-17-6-5-15-13(17)11-9(3-7-20-11)16-14(18)12-10(19-2)4-8-21-12/h4-6,8-9,11H,3,7H2,1-2H3,(H,16,18)/t9-,11-/m0/s1. The largest absolute Gasteiger partial charge is 0.495 e. The number of aryl methyl sites for hydroxylation is 1. The zero-order valence-electron chi connectivity index (χ0n) is 11.9. The monoisotopic (exact) mass is 307 g/mol. The van der Waals surface area contributed by atoms with Crippen molar-refractivity contribution in [3.05, 3.63) is 34.5 Å². The van der Waals surface area contributed by atoms with Crippen LogP contribution in [0.25, 0.3) is 0 Å². The molecule has 0 unspecified atom stereocenters. The van der Waals surface area contributed by atoms with Gasteiger partial charge in [0.15, 0.2) is 0 Å². The molecule has 1 saturated heterocycles. The molecule has 1 aliphatic rings. The van der Waals surface area contributed by atoms with Gasteiger partial charge < -0.3 is 19.4 Å². The summed E-state index contributed by atoms with van der Waals surface area (Å²) in [6.45, 7) is 0.615. The maximum absolute atomic E-state index is 12.4. The summed E-state index contributed by atoms with van der Waals surface area (Å²) in [5.41, 5.74) is 0. The van der Waals surface area contributed by atoms with E-state index in [4.69, 9.17) is 9.47 Å². The molecule has 2 aromatic heterocycles. The quantitative estimate of drug-likeness (QED) is 0.934. The number of thiophene rings is 1. The first-order valence-electron chi connectivity index (χ1n) is 6.72. The van der Waals surface area contributed by atoms with Crippen LogP contribution in [0.3, 0.4) is 0 Å². The SMILES string of the molecule is COc1ccsc1C(=O)N[C@H]1CCO[C@@H]1c1nccn1C. The predicted molar refractivity (Wildman–Crippen MR) is 78.6 cm³/mol. The zero-order valence-corrected chi connectivity index (χ0v) is 12.7. The molecule has 21 heavy (non-hydrogen) atoms. The number of rotatable bonds is 4. The lowest BCUT2D eigenvalue weighted by Gasteiger charge is -2.19. The molecular formula is C14H17N3O3S. The maximum Gasteiger partial charge on any atom is 0.265 e. The summed E-state index contributed by atoms with van der Waals surface area (Å²) < 4.78 is 12.8. The first kappa shape index (κ1) is 14.1. The van der Waals surface area contributed by atoms with Crippen molar-refractivity contribution in [2.45, 2.75) is 18.6 Å². The summed E-state index contributed by atoms with van der Waals surface area (Å²) in [7, 11) is 3.49. The molecule has 3 heterocycles. The first-order valence-corrected chi connectivity index (χ1v) is 7.60. The summed E-state index contributed by atoms with van der Waals surface area (Å²) in [6.07, 6.45) is 4.17. The number of carbonyl (C=O) groups excluding carboxylic acids is 1. The van der Waals surface area contributed by atoms with Gasteiger partial charge in [-0.15, -0.1) is 11.3 Å². The van der Waals surface area contributed by atoms with Gasteiger partial charge in [-0.1, -0.05) is 0 Å². The van der Waals surface area contributed by atoms with E-state index < -0.39 is 0 Å². The van der Waals surface area contributed by atoms with Crippen molar-refractivity contribution in [3.8, 4) is 5.75 Å². The molecule has 0 radical (unpaired) electrons. The van der Waals surface area contributed by atoms with E-state index >= 15 is 0 Å². The molecule has 0 aliphatic carbocycles. The van der Waals surface area contributed by atoms with Gasteiger partial charge in [0.2, 0.25) is 0 Å². The van der Waals surface area contributed by atoms with Gasteiger partial charge in [0.1, 0.15) is 22.6 Å². The van der Waals surface area contributed by atoms with Gasteiger partial charge in [0, 0.05) is 26.0 Å². The molecule has 0 aromatic carbocycles. The average Bonchev–Trinajstić information content (AvgIpc) is 3.18. The molecule has 2 aromatic rings. The molecule has 3 rings (SSSR count). The van der Waals surface area contributed by atoms with Gasteiger partial charge in [-0.2, -0.15) is 0 Å². The zero-order chi connectivity index (χ0) is 14.8. The minimum atomic E-state index is -0.208. The van der Waals surface area contributed by atoms with Crippen LogP contribution in [0.15, 0.2) is 23.8 Å². The summed E-state index contributed by atoms with van der Waals surface area (Å²) >= 11 is 1.37. The van der Waals surface area contributed by atoms with E-state index in [1.165, 1.54) is 11.3 Å². The second kappa shape index (κ2) is 5.87. The Hall–Kier alpha value is -1.86. The Bertz CT molecular complexity index is 637. The third-order valence-electron chi connectivity index (χ3n) is 3.58. The lowest BCUT2D eigenvalue weighted by atomic mass is 10.1. The van der Waals surface area contributed by atoms with Crippen LogP contribution in [-0.2, 0) is 11.8 Å². The van der Waals surface area contributed by atoms with Crippen LogP contribution in [0, 0.1) is 0 Å². The molecule has 112 valence electrons. The molecule has 7 heteroatoms. The van der Waals surface area contributed by atoms with E-state index in [-0.39, 0.29) is 18.1 Å². The van der Waals surface area contributed by atoms with Crippen molar-refractivity contribution in [1.29, 1.82) is 0 Å². The number of nitrogens with one attached hydrogen (secondary N) is 1. The van der Waals surface area contributed by atoms with E-state index in [0.29, 0.717) is 17.2 Å². The Morgan fingerprint density at radius 1 is 1.62 bits per heavy atom. The highest BCUT2D eigenvalue weighted by molar-refractivity contribution is 7.12. The van der Waals surface area contributed by atoms with Crippen molar-refractivity contribution in [3.63, 3.8) is 0 Å². The van der Waals surface area contributed by atoms with E-state index in [0.717, 1.165) is 12.2 Å². The molecule has 1 amide bonds. The Morgan fingerprint density at radius 3 is 3.19 bits per heavy atom. The van der Waals surface area contributed by atoms with Gasteiger partial charge in [-0.3, -0.25) is 4.79 Å². The minimum Gasteiger partial charge on any atom is -0.495 e. The van der Waals surface area contributed by atoms with Gasteiger partial charge in [0.05, 0.1) is 13.2 Å². The molecule has 1 N–H and O–H groups in total. The first-order chi connectivity index (χ1) is 10.2. The fourth-order valence-electron chi connectivity index (χ4n) is 2.50. The number of nitrogens with zero attached hydrogens (tertiary/aromatic N) is 2. The van der Waals surface area contributed by atoms with E-state index in [1.54, 1.807) is 19.4 Å². The normalized spacial score (nSPS) is 21.4. The van der Waals surface area contributed by atoms with E-state index in [9.17, 15) is 4.79 Å². The second-order valence-corrected chi connectivity index (χ2v) is 5.79. The summed E-state index contributed by atoms with van der Waals surface area (Å²) in [4.78, 5) is 17.3. The van der Waals surface area contributed by atoms with Crippen LogP contribution >= 0.6 is 11.3 Å². The lowest BCUT2D eigenvalue weighted by molar-refractivity contribution is 0.0780. The fraction of sp³-hybridized carbons (Fsp3) is 0.429. The van der Waals surface area contributed by atoms with Crippen molar-refractivity contribution in [1.82, 2.24) is 14.9 Å². The van der Waals surface area contributed by atoms with Gasteiger partial charge in [-0.05, 0) is 17.9 Å². The fourth-order valence-corrected chi connectivity index (χ4v) is 3.26. The lowest BCUT2D eigenvalue weighted by Crippen LogP contribution is -2.37. The van der Waals surface area contributed by atoms with Crippen LogP contribution in [0.4, 0.5) is 0 Å².